The van der Waals surface area contributed by atoms with Gasteiger partial charge < -0.3 is 14.4 Å². The molecule has 0 heterocycles. The van der Waals surface area contributed by atoms with Crippen LogP contribution in [0.25, 0.3) is 0 Å². The monoisotopic (exact) mass is 444 g/mol. The first-order valence-electron chi connectivity index (χ1n) is 9.19. The van der Waals surface area contributed by atoms with Crippen LogP contribution in [-0.2, 0) is 22.8 Å². The molecular formula is C20H23F3N2O4S. The van der Waals surface area contributed by atoms with Crippen LogP contribution in [0, 0.1) is 0 Å². The average Bonchev–Trinajstić information content (AvgIpc) is 2.65. The minimum Gasteiger partial charge on any atom is -0.383 e. The molecule has 0 saturated carbocycles. The lowest BCUT2D eigenvalue weighted by molar-refractivity contribution is -0.137. The molecule has 0 aliphatic carbocycles. The molecule has 0 fully saturated rings. The van der Waals surface area contributed by atoms with Gasteiger partial charge >= 0.3 is 22.3 Å². The van der Waals surface area contributed by atoms with Crippen LogP contribution < -0.4 is 9.50 Å². The molecule has 0 spiro atoms. The maximum absolute atomic E-state index is 12.7. The van der Waals surface area contributed by atoms with Crippen molar-refractivity contribution in [3.05, 3.63) is 59.7 Å². The Hall–Kier alpha value is -2.75. The zero-order chi connectivity index (χ0) is 22.4. The van der Waals surface area contributed by atoms with Crippen LogP contribution in [-0.4, -0.2) is 32.1 Å². The predicted molar refractivity (Wildman–Crippen MR) is 108 cm³/mol. The zero-order valence-corrected chi connectivity index (χ0v) is 17.4. The van der Waals surface area contributed by atoms with Crippen molar-refractivity contribution in [1.29, 1.82) is 0 Å². The van der Waals surface area contributed by atoms with E-state index in [0.717, 1.165) is 36.8 Å². The number of carbonyl (C=O) groups excluding carboxylic acids is 1. The number of nitrogens with one attached hydrogen (secondary N) is 1. The first kappa shape index (κ1) is 23.5. The molecule has 2 rings (SSSR count). The van der Waals surface area contributed by atoms with Gasteiger partial charge in [0, 0.05) is 18.8 Å². The summed E-state index contributed by atoms with van der Waals surface area (Å²) in [6.07, 6.45) is -1.90. The highest BCUT2D eigenvalue weighted by molar-refractivity contribution is 7.86. The number of rotatable bonds is 8. The van der Waals surface area contributed by atoms with Gasteiger partial charge in [0.2, 0.25) is 0 Å². The van der Waals surface area contributed by atoms with E-state index in [-0.39, 0.29) is 18.0 Å². The normalized spacial score (nSPS) is 11.8. The van der Waals surface area contributed by atoms with Crippen LogP contribution in [0.5, 0.6) is 5.75 Å². The Morgan fingerprint density at radius 1 is 1.07 bits per heavy atom. The molecule has 0 atom stereocenters. The lowest BCUT2D eigenvalue weighted by Crippen LogP contribution is -2.35. The molecule has 10 heteroatoms. The van der Waals surface area contributed by atoms with Crippen molar-refractivity contribution in [2.75, 3.05) is 18.1 Å². The standard InChI is InChI=1S/C20H23F3N2O4S/c1-3-4-13-25(14-15-5-11-18(12-6-15)29-30(2,27)28)19(26)24-17-9-7-16(8-10-17)20(21,22)23/h5-12H,3-4,13-14H2,1-2H3,(H,24,26). The molecule has 6 nitrogen and oxygen atoms in total. The second-order valence-electron chi connectivity index (χ2n) is 6.71. The molecule has 2 aromatic rings. The summed E-state index contributed by atoms with van der Waals surface area (Å²) < 4.78 is 65.2. The number of anilines is 1. The van der Waals surface area contributed by atoms with E-state index < -0.39 is 27.9 Å². The topological polar surface area (TPSA) is 75.7 Å². The maximum Gasteiger partial charge on any atom is 0.416 e. The molecule has 2 aromatic carbocycles. The molecule has 0 aromatic heterocycles. The third kappa shape index (κ3) is 7.58. The molecular weight excluding hydrogens is 421 g/mol. The van der Waals surface area contributed by atoms with Gasteiger partial charge in [-0.2, -0.15) is 21.6 Å². The smallest absolute Gasteiger partial charge is 0.383 e. The number of urea groups is 1. The molecule has 0 saturated heterocycles. The Labute approximate surface area is 173 Å². The minimum atomic E-state index is -4.44. The Balaban J connectivity index is 2.08. The highest BCUT2D eigenvalue weighted by Gasteiger charge is 2.30. The van der Waals surface area contributed by atoms with Crippen LogP contribution in [0.1, 0.15) is 30.9 Å². The highest BCUT2D eigenvalue weighted by atomic mass is 32.2. The van der Waals surface area contributed by atoms with Crippen molar-refractivity contribution < 1.29 is 30.6 Å². The van der Waals surface area contributed by atoms with Crippen molar-refractivity contribution in [2.45, 2.75) is 32.5 Å². The first-order chi connectivity index (χ1) is 14.0. The van der Waals surface area contributed by atoms with E-state index in [0.29, 0.717) is 6.54 Å². The molecule has 0 bridgehead atoms. The van der Waals surface area contributed by atoms with Gasteiger partial charge in [0.25, 0.3) is 0 Å². The van der Waals surface area contributed by atoms with Crippen LogP contribution in [0.3, 0.4) is 0 Å². The summed E-state index contributed by atoms with van der Waals surface area (Å²) in [5.41, 5.74) is 0.209. The fourth-order valence-corrected chi connectivity index (χ4v) is 3.05. The van der Waals surface area contributed by atoms with E-state index in [2.05, 4.69) is 5.32 Å². The van der Waals surface area contributed by atoms with Gasteiger partial charge in [-0.15, -0.1) is 0 Å². The minimum absolute atomic E-state index is 0.163. The Bertz CT molecular complexity index is 944. The molecule has 0 aliphatic rings. The summed E-state index contributed by atoms with van der Waals surface area (Å²) in [7, 11) is -3.63. The molecule has 164 valence electrons. The van der Waals surface area contributed by atoms with Gasteiger partial charge in [0.1, 0.15) is 5.75 Å². The second-order valence-corrected chi connectivity index (χ2v) is 8.29. The molecule has 2 amide bonds. The van der Waals surface area contributed by atoms with Crippen molar-refractivity contribution in [3.63, 3.8) is 0 Å². The number of amides is 2. The number of hydrogen-bond donors (Lipinski definition) is 1. The summed E-state index contributed by atoms with van der Waals surface area (Å²) in [5, 5.41) is 2.61. The van der Waals surface area contributed by atoms with Crippen molar-refractivity contribution in [3.8, 4) is 5.75 Å². The molecule has 0 radical (unpaired) electrons. The van der Waals surface area contributed by atoms with E-state index in [9.17, 15) is 26.4 Å². The quantitative estimate of drug-likeness (QED) is 0.589. The molecule has 1 N–H and O–H groups in total. The zero-order valence-electron chi connectivity index (χ0n) is 16.6. The van der Waals surface area contributed by atoms with Gasteiger partial charge in [0.05, 0.1) is 11.8 Å². The van der Waals surface area contributed by atoms with Crippen LogP contribution in [0.4, 0.5) is 23.7 Å². The van der Waals surface area contributed by atoms with Crippen LogP contribution in [0.2, 0.25) is 0 Å². The Kier molecular flexibility index (Phi) is 7.71. The SMILES string of the molecule is CCCCN(Cc1ccc(OS(C)(=O)=O)cc1)C(=O)Nc1ccc(C(F)(F)F)cc1. The Morgan fingerprint density at radius 2 is 1.67 bits per heavy atom. The van der Waals surface area contributed by atoms with Crippen LogP contribution >= 0.6 is 0 Å². The van der Waals surface area contributed by atoms with Gasteiger partial charge in [-0.3, -0.25) is 0 Å². The number of nitrogens with zero attached hydrogens (tertiary/aromatic N) is 1. The van der Waals surface area contributed by atoms with Crippen molar-refractivity contribution in [2.24, 2.45) is 0 Å². The lowest BCUT2D eigenvalue weighted by Gasteiger charge is -2.23. The number of unbranched alkanes of at least 4 members (excludes halogenated alkanes) is 1. The Morgan fingerprint density at radius 3 is 2.17 bits per heavy atom. The molecule has 0 unspecified atom stereocenters. The van der Waals surface area contributed by atoms with Crippen molar-refractivity contribution >= 4 is 21.8 Å². The van der Waals surface area contributed by atoms with E-state index in [1.54, 1.807) is 12.1 Å². The lowest BCUT2D eigenvalue weighted by atomic mass is 10.2. The van der Waals surface area contributed by atoms with Gasteiger partial charge in [0.15, 0.2) is 0 Å². The molecule has 30 heavy (non-hydrogen) atoms. The second kappa shape index (κ2) is 9.84. The van der Waals surface area contributed by atoms with Crippen LogP contribution in [0.15, 0.2) is 48.5 Å². The summed E-state index contributed by atoms with van der Waals surface area (Å²) in [6.45, 7) is 2.67. The average molecular weight is 444 g/mol. The summed E-state index contributed by atoms with van der Waals surface area (Å²) in [4.78, 5) is 14.2. The van der Waals surface area contributed by atoms with Gasteiger partial charge in [-0.05, 0) is 48.4 Å². The largest absolute Gasteiger partial charge is 0.416 e. The number of carbonyl (C=O) groups is 1. The van der Waals surface area contributed by atoms with E-state index in [1.807, 2.05) is 6.92 Å². The third-order valence-electron chi connectivity index (χ3n) is 4.08. The summed E-state index contributed by atoms with van der Waals surface area (Å²) in [5.74, 6) is 0.163. The number of halogens is 3. The van der Waals surface area contributed by atoms with E-state index in [4.69, 9.17) is 4.18 Å². The maximum atomic E-state index is 12.7. The summed E-state index contributed by atoms with van der Waals surface area (Å²) in [6, 6.07) is 10.0. The fraction of sp³-hybridized carbons (Fsp3) is 0.350. The van der Waals surface area contributed by atoms with E-state index >= 15 is 0 Å². The summed E-state index contributed by atoms with van der Waals surface area (Å²) >= 11 is 0. The van der Waals surface area contributed by atoms with Gasteiger partial charge in [-0.1, -0.05) is 25.5 Å². The third-order valence-corrected chi connectivity index (χ3v) is 4.57. The fourth-order valence-electron chi connectivity index (χ4n) is 2.59. The van der Waals surface area contributed by atoms with Gasteiger partial charge in [-0.25, -0.2) is 4.79 Å². The van der Waals surface area contributed by atoms with E-state index in [1.165, 1.54) is 29.2 Å². The first-order valence-corrected chi connectivity index (χ1v) is 11.0. The number of hydrogen-bond acceptors (Lipinski definition) is 4. The number of benzene rings is 2. The predicted octanol–water partition coefficient (Wildman–Crippen LogP) is 4.88. The highest BCUT2D eigenvalue weighted by Crippen LogP contribution is 2.29. The number of alkyl halides is 3. The molecule has 0 aliphatic heterocycles. The van der Waals surface area contributed by atoms with Crippen molar-refractivity contribution in [1.82, 2.24) is 4.90 Å².